The van der Waals surface area contributed by atoms with Crippen LogP contribution in [0.5, 0.6) is 11.5 Å². The van der Waals surface area contributed by atoms with Crippen LogP contribution in [-0.2, 0) is 17.9 Å². The van der Waals surface area contributed by atoms with E-state index in [-0.39, 0.29) is 17.7 Å². The highest BCUT2D eigenvalue weighted by atomic mass is 35.5. The Balaban J connectivity index is 1.47. The summed E-state index contributed by atoms with van der Waals surface area (Å²) in [6.07, 6.45) is 1.70. The highest BCUT2D eigenvalue weighted by Gasteiger charge is 2.35. The third-order valence-electron chi connectivity index (χ3n) is 5.13. The molecule has 1 heterocycles. The van der Waals surface area contributed by atoms with Gasteiger partial charge in [-0.15, -0.1) is 0 Å². The van der Waals surface area contributed by atoms with Crippen molar-refractivity contribution in [3.63, 3.8) is 0 Å². The van der Waals surface area contributed by atoms with E-state index in [1.54, 1.807) is 25.3 Å². The summed E-state index contributed by atoms with van der Waals surface area (Å²) in [6, 6.07) is 20.6. The highest BCUT2D eigenvalue weighted by Crippen LogP contribution is 2.35. The Morgan fingerprint density at radius 3 is 2.33 bits per heavy atom. The van der Waals surface area contributed by atoms with Crippen LogP contribution in [0.4, 0.5) is 4.79 Å². The van der Waals surface area contributed by atoms with Crippen molar-refractivity contribution in [1.82, 2.24) is 4.90 Å². The number of benzene rings is 3. The molecule has 0 aromatic heterocycles. The molecular formula is C26H22ClNO4S. The Bertz CT molecular complexity index is 1210. The molecule has 0 spiro atoms. The number of carbonyl (C=O) groups is 2. The average molecular weight is 480 g/mol. The van der Waals surface area contributed by atoms with E-state index in [9.17, 15) is 9.59 Å². The Hall–Kier alpha value is -3.22. The second-order valence-corrected chi connectivity index (χ2v) is 9.01. The number of methoxy groups -OCH3 is 1. The van der Waals surface area contributed by atoms with Crippen LogP contribution < -0.4 is 9.47 Å². The molecule has 0 N–H and O–H groups in total. The summed E-state index contributed by atoms with van der Waals surface area (Å²) in [7, 11) is 1.56. The van der Waals surface area contributed by atoms with Gasteiger partial charge in [0.2, 0.25) is 0 Å². The molecule has 1 fully saturated rings. The van der Waals surface area contributed by atoms with Gasteiger partial charge in [-0.3, -0.25) is 14.5 Å². The fourth-order valence-electron chi connectivity index (χ4n) is 3.30. The minimum absolute atomic E-state index is 0.253. The lowest BCUT2D eigenvalue weighted by molar-refractivity contribution is -0.123. The maximum atomic E-state index is 12.8. The average Bonchev–Trinajstić information content (AvgIpc) is 3.07. The van der Waals surface area contributed by atoms with Crippen LogP contribution in [-0.4, -0.2) is 23.2 Å². The minimum Gasteiger partial charge on any atom is -0.493 e. The number of aryl methyl sites for hydroxylation is 1. The number of thioether (sulfide) groups is 1. The summed E-state index contributed by atoms with van der Waals surface area (Å²) in [6.45, 7) is 2.61. The van der Waals surface area contributed by atoms with Gasteiger partial charge in [0.25, 0.3) is 11.1 Å². The summed E-state index contributed by atoms with van der Waals surface area (Å²) in [5.41, 5.74) is 3.76. The van der Waals surface area contributed by atoms with Gasteiger partial charge in [0.1, 0.15) is 6.61 Å². The third-order valence-corrected chi connectivity index (χ3v) is 6.29. The van der Waals surface area contributed by atoms with Gasteiger partial charge in [0.15, 0.2) is 11.5 Å². The first kappa shape index (κ1) is 23.0. The second kappa shape index (κ2) is 10.1. The van der Waals surface area contributed by atoms with E-state index in [1.165, 1.54) is 4.90 Å². The molecular weight excluding hydrogens is 458 g/mol. The number of imide groups is 1. The van der Waals surface area contributed by atoms with Crippen molar-refractivity contribution in [2.45, 2.75) is 20.1 Å². The second-order valence-electron chi connectivity index (χ2n) is 7.58. The van der Waals surface area contributed by atoms with Crippen molar-refractivity contribution in [2.75, 3.05) is 7.11 Å². The maximum Gasteiger partial charge on any atom is 0.293 e. The van der Waals surface area contributed by atoms with E-state index < -0.39 is 0 Å². The minimum atomic E-state index is -0.299. The number of hydrogen-bond donors (Lipinski definition) is 0. The lowest BCUT2D eigenvalue weighted by Crippen LogP contribution is -2.27. The van der Waals surface area contributed by atoms with Gasteiger partial charge in [-0.25, -0.2) is 0 Å². The first-order valence-electron chi connectivity index (χ1n) is 10.3. The zero-order chi connectivity index (χ0) is 23.4. The lowest BCUT2D eigenvalue weighted by Gasteiger charge is -2.13. The zero-order valence-corrected chi connectivity index (χ0v) is 19.8. The highest BCUT2D eigenvalue weighted by molar-refractivity contribution is 8.18. The van der Waals surface area contributed by atoms with E-state index in [4.69, 9.17) is 21.1 Å². The predicted octanol–water partition coefficient (Wildman–Crippen LogP) is 6.47. The molecule has 0 unspecified atom stereocenters. The molecule has 0 saturated carbocycles. The summed E-state index contributed by atoms with van der Waals surface area (Å²) >= 11 is 6.86. The van der Waals surface area contributed by atoms with E-state index >= 15 is 0 Å². The fourth-order valence-corrected chi connectivity index (χ4v) is 4.26. The molecule has 5 nitrogen and oxygen atoms in total. The number of ether oxygens (including phenoxy) is 2. The number of nitrogens with zero attached hydrogens (tertiary/aromatic N) is 1. The van der Waals surface area contributed by atoms with Crippen molar-refractivity contribution in [3.05, 3.63) is 98.9 Å². The topological polar surface area (TPSA) is 55.8 Å². The third kappa shape index (κ3) is 5.59. The Morgan fingerprint density at radius 1 is 0.939 bits per heavy atom. The maximum absolute atomic E-state index is 12.8. The number of amides is 2. The SMILES string of the molecule is COc1cc(/C=C2\SC(=O)N(Cc3ccc(C)cc3)C2=O)ccc1OCc1ccc(Cl)cc1. The molecule has 1 aliphatic heterocycles. The van der Waals surface area contributed by atoms with Crippen LogP contribution in [0.25, 0.3) is 6.08 Å². The molecule has 0 radical (unpaired) electrons. The van der Waals surface area contributed by atoms with Crippen LogP contribution in [0, 0.1) is 6.92 Å². The fraction of sp³-hybridized carbons (Fsp3) is 0.154. The molecule has 0 aliphatic carbocycles. The number of hydrogen-bond acceptors (Lipinski definition) is 5. The van der Waals surface area contributed by atoms with Gasteiger partial charge >= 0.3 is 0 Å². The molecule has 1 aliphatic rings. The summed E-state index contributed by atoms with van der Waals surface area (Å²) in [4.78, 5) is 26.9. The van der Waals surface area contributed by atoms with Gasteiger partial charge in [-0.1, -0.05) is 59.6 Å². The molecule has 0 atom stereocenters. The predicted molar refractivity (Wildman–Crippen MR) is 131 cm³/mol. The van der Waals surface area contributed by atoms with Crippen molar-refractivity contribution in [2.24, 2.45) is 0 Å². The molecule has 3 aromatic rings. The van der Waals surface area contributed by atoms with Crippen molar-refractivity contribution in [1.29, 1.82) is 0 Å². The first-order chi connectivity index (χ1) is 15.9. The summed E-state index contributed by atoms with van der Waals surface area (Å²) < 4.78 is 11.4. The van der Waals surface area contributed by atoms with Gasteiger partial charge in [0, 0.05) is 5.02 Å². The van der Waals surface area contributed by atoms with Gasteiger partial charge in [-0.2, -0.15) is 0 Å². The Labute approximate surface area is 202 Å². The quantitative estimate of drug-likeness (QED) is 0.363. The molecule has 0 bridgehead atoms. The van der Waals surface area contributed by atoms with Crippen LogP contribution in [0.1, 0.15) is 22.3 Å². The van der Waals surface area contributed by atoms with E-state index in [2.05, 4.69) is 0 Å². The van der Waals surface area contributed by atoms with Crippen LogP contribution in [0.3, 0.4) is 0 Å². The molecule has 7 heteroatoms. The molecule has 3 aromatic carbocycles. The van der Waals surface area contributed by atoms with Crippen LogP contribution >= 0.6 is 23.4 Å². The number of rotatable bonds is 7. The van der Waals surface area contributed by atoms with E-state index in [1.807, 2.05) is 61.5 Å². The molecule has 168 valence electrons. The number of carbonyl (C=O) groups excluding carboxylic acids is 2. The standard InChI is InChI=1S/C26H22ClNO4S/c1-17-3-5-18(6-4-17)15-28-25(29)24(33-26(28)30)14-20-9-12-22(23(13-20)31-2)32-16-19-7-10-21(27)11-8-19/h3-14H,15-16H2,1-2H3/b24-14-. The van der Waals surface area contributed by atoms with Crippen LogP contribution in [0.2, 0.25) is 5.02 Å². The van der Waals surface area contributed by atoms with Crippen molar-refractivity contribution in [3.8, 4) is 11.5 Å². The smallest absolute Gasteiger partial charge is 0.293 e. The van der Waals surface area contributed by atoms with Crippen molar-refractivity contribution >= 4 is 40.6 Å². The summed E-state index contributed by atoms with van der Waals surface area (Å²) in [5.74, 6) is 0.821. The van der Waals surface area contributed by atoms with Gasteiger partial charge < -0.3 is 9.47 Å². The van der Waals surface area contributed by atoms with E-state index in [0.29, 0.717) is 28.0 Å². The van der Waals surface area contributed by atoms with E-state index in [0.717, 1.165) is 34.0 Å². The van der Waals surface area contributed by atoms with Crippen LogP contribution in [0.15, 0.2) is 71.6 Å². The Kier molecular flexibility index (Phi) is 7.06. The normalized spacial score (nSPS) is 14.8. The number of halogens is 1. The molecule has 2 amide bonds. The van der Waals surface area contributed by atoms with Gasteiger partial charge in [0.05, 0.1) is 18.6 Å². The summed E-state index contributed by atoms with van der Waals surface area (Å²) in [5, 5.41) is 0.394. The lowest BCUT2D eigenvalue weighted by atomic mass is 10.1. The molecule has 33 heavy (non-hydrogen) atoms. The Morgan fingerprint density at radius 2 is 1.64 bits per heavy atom. The van der Waals surface area contributed by atoms with Crippen molar-refractivity contribution < 1.29 is 19.1 Å². The first-order valence-corrected chi connectivity index (χ1v) is 11.5. The zero-order valence-electron chi connectivity index (χ0n) is 18.2. The molecule has 1 saturated heterocycles. The largest absolute Gasteiger partial charge is 0.493 e. The monoisotopic (exact) mass is 479 g/mol. The molecule has 4 rings (SSSR count). The van der Waals surface area contributed by atoms with Gasteiger partial charge in [-0.05, 0) is 65.7 Å².